The first kappa shape index (κ1) is 14.3. The van der Waals surface area contributed by atoms with Crippen LogP contribution in [0, 0.1) is 0 Å². The lowest BCUT2D eigenvalue weighted by Gasteiger charge is -2.40. The van der Waals surface area contributed by atoms with Crippen molar-refractivity contribution in [2.45, 2.75) is 31.4 Å². The molecule has 1 fully saturated rings. The van der Waals surface area contributed by atoms with Gasteiger partial charge >= 0.3 is 0 Å². The van der Waals surface area contributed by atoms with E-state index >= 15 is 0 Å². The van der Waals surface area contributed by atoms with Gasteiger partial charge in [-0.2, -0.15) is 5.10 Å². The molecule has 1 aromatic carbocycles. The van der Waals surface area contributed by atoms with E-state index in [-0.39, 0.29) is 6.04 Å². The molecule has 3 aliphatic heterocycles. The minimum absolute atomic E-state index is 0.0667. The Hall–Kier alpha value is -2.27. The summed E-state index contributed by atoms with van der Waals surface area (Å²) in [6.07, 6.45) is 5.35. The molecule has 0 aliphatic carbocycles. The number of rotatable bonds is 1. The number of amidine groups is 1. The Morgan fingerprint density at radius 2 is 1.83 bits per heavy atom. The fourth-order valence-electron chi connectivity index (χ4n) is 3.43. The fraction of sp³-hybridized carbons (Fsp3) is 0.389. The van der Waals surface area contributed by atoms with Gasteiger partial charge < -0.3 is 10.0 Å². The topological polar surface area (TPSA) is 60.5 Å². The zero-order chi connectivity index (χ0) is 15.9. The van der Waals surface area contributed by atoms with Crippen LogP contribution < -0.4 is 0 Å². The van der Waals surface area contributed by atoms with E-state index < -0.39 is 5.60 Å². The maximum absolute atomic E-state index is 10.9. The number of piperidine rings is 1. The molecule has 0 saturated carbocycles. The van der Waals surface area contributed by atoms with E-state index in [4.69, 9.17) is 0 Å². The summed E-state index contributed by atoms with van der Waals surface area (Å²) in [5.41, 5.74) is 2.17. The standard InChI is InChI=1S/C18H20N4O/c1-13-7-8-15-16(19-13)17(21-20-15)22-11-9-18(23,10-12-22)14-5-3-2-4-6-14/h2-8,16,23H,9-12H2,1H3. The summed E-state index contributed by atoms with van der Waals surface area (Å²) in [4.78, 5) is 6.88. The van der Waals surface area contributed by atoms with Crippen molar-refractivity contribution >= 4 is 17.3 Å². The lowest BCUT2D eigenvalue weighted by Crippen LogP contribution is -2.48. The molecule has 1 aromatic rings. The first-order chi connectivity index (χ1) is 11.2. The smallest absolute Gasteiger partial charge is 0.158 e. The van der Waals surface area contributed by atoms with Crippen molar-refractivity contribution in [3.8, 4) is 0 Å². The van der Waals surface area contributed by atoms with Crippen LogP contribution in [0.2, 0.25) is 0 Å². The number of nitrogens with zero attached hydrogens (tertiary/aromatic N) is 4. The SMILES string of the molecule is CC1=NC2C(=NN=C2N2CCC(O)(c3ccccc3)CC2)C=C1. The summed E-state index contributed by atoms with van der Waals surface area (Å²) in [5.74, 6) is 0.916. The van der Waals surface area contributed by atoms with Crippen molar-refractivity contribution in [2.24, 2.45) is 15.2 Å². The molecule has 1 saturated heterocycles. The van der Waals surface area contributed by atoms with Gasteiger partial charge in [0.05, 0.1) is 11.3 Å². The maximum Gasteiger partial charge on any atom is 0.158 e. The van der Waals surface area contributed by atoms with E-state index in [0.29, 0.717) is 12.8 Å². The Morgan fingerprint density at radius 3 is 2.57 bits per heavy atom. The molecule has 1 atom stereocenters. The molecule has 5 heteroatoms. The van der Waals surface area contributed by atoms with Crippen molar-refractivity contribution in [1.82, 2.24) is 4.90 Å². The summed E-state index contributed by atoms with van der Waals surface area (Å²) < 4.78 is 0. The monoisotopic (exact) mass is 308 g/mol. The first-order valence-corrected chi connectivity index (χ1v) is 8.06. The predicted octanol–water partition coefficient (Wildman–Crippen LogP) is 2.14. The number of fused-ring (bicyclic) bond motifs is 1. The Balaban J connectivity index is 1.48. The maximum atomic E-state index is 10.9. The van der Waals surface area contributed by atoms with Crippen LogP contribution in [-0.4, -0.2) is 46.4 Å². The second kappa shape index (κ2) is 5.42. The number of dihydropyridines is 1. The minimum Gasteiger partial charge on any atom is -0.385 e. The lowest BCUT2D eigenvalue weighted by molar-refractivity contribution is -0.0124. The summed E-state index contributed by atoms with van der Waals surface area (Å²) in [6, 6.07) is 9.88. The van der Waals surface area contributed by atoms with Crippen LogP contribution in [0.1, 0.15) is 25.3 Å². The molecule has 5 nitrogen and oxygen atoms in total. The van der Waals surface area contributed by atoms with Crippen LogP contribution >= 0.6 is 0 Å². The van der Waals surface area contributed by atoms with Gasteiger partial charge in [0.1, 0.15) is 0 Å². The molecule has 3 aliphatic rings. The molecular weight excluding hydrogens is 288 g/mol. The normalized spacial score (nSPS) is 25.6. The van der Waals surface area contributed by atoms with Crippen LogP contribution in [0.3, 0.4) is 0 Å². The van der Waals surface area contributed by atoms with E-state index in [9.17, 15) is 5.11 Å². The molecule has 118 valence electrons. The molecule has 0 bridgehead atoms. The number of likely N-dealkylation sites (tertiary alicyclic amines) is 1. The number of hydrogen-bond acceptors (Lipinski definition) is 5. The van der Waals surface area contributed by atoms with Crippen LogP contribution in [0.25, 0.3) is 0 Å². The van der Waals surface area contributed by atoms with Crippen molar-refractivity contribution in [3.05, 3.63) is 48.0 Å². The van der Waals surface area contributed by atoms with Gasteiger partial charge in [0.2, 0.25) is 0 Å². The molecule has 0 radical (unpaired) electrons. The first-order valence-electron chi connectivity index (χ1n) is 8.06. The van der Waals surface area contributed by atoms with Crippen LogP contribution in [-0.2, 0) is 5.60 Å². The lowest BCUT2D eigenvalue weighted by atomic mass is 9.84. The zero-order valence-corrected chi connectivity index (χ0v) is 13.2. The van der Waals surface area contributed by atoms with Gasteiger partial charge in [-0.25, -0.2) is 0 Å². The van der Waals surface area contributed by atoms with Gasteiger partial charge in [0.25, 0.3) is 0 Å². The van der Waals surface area contributed by atoms with Crippen molar-refractivity contribution in [2.75, 3.05) is 13.1 Å². The zero-order valence-electron chi connectivity index (χ0n) is 13.2. The second-order valence-corrected chi connectivity index (χ2v) is 6.37. The molecule has 1 unspecified atom stereocenters. The molecule has 0 amide bonds. The molecule has 23 heavy (non-hydrogen) atoms. The summed E-state index contributed by atoms with van der Waals surface area (Å²) in [6.45, 7) is 3.52. The molecular formula is C18H20N4O. The second-order valence-electron chi connectivity index (χ2n) is 6.37. The third-order valence-electron chi connectivity index (χ3n) is 4.85. The number of aliphatic hydroxyl groups is 1. The molecule has 3 heterocycles. The van der Waals surface area contributed by atoms with E-state index in [1.54, 1.807) is 0 Å². The van der Waals surface area contributed by atoms with Crippen LogP contribution in [0.5, 0.6) is 0 Å². The highest BCUT2D eigenvalue weighted by Crippen LogP contribution is 2.33. The quantitative estimate of drug-likeness (QED) is 0.864. The number of aliphatic imine (C=N–C) groups is 1. The molecule has 0 spiro atoms. The Bertz CT molecular complexity index is 725. The highest BCUT2D eigenvalue weighted by molar-refractivity contribution is 6.22. The van der Waals surface area contributed by atoms with Crippen molar-refractivity contribution < 1.29 is 5.11 Å². The van der Waals surface area contributed by atoms with E-state index in [0.717, 1.165) is 35.9 Å². The van der Waals surface area contributed by atoms with E-state index in [2.05, 4.69) is 20.1 Å². The average molecular weight is 308 g/mol. The highest BCUT2D eigenvalue weighted by atomic mass is 16.3. The Labute approximate surface area is 135 Å². The molecule has 1 N–H and O–H groups in total. The summed E-state index contributed by atoms with van der Waals surface area (Å²) in [7, 11) is 0. The van der Waals surface area contributed by atoms with Gasteiger partial charge in [0, 0.05) is 18.8 Å². The van der Waals surface area contributed by atoms with E-state index in [1.165, 1.54) is 0 Å². The summed E-state index contributed by atoms with van der Waals surface area (Å²) >= 11 is 0. The molecule has 4 rings (SSSR count). The van der Waals surface area contributed by atoms with Crippen molar-refractivity contribution in [1.29, 1.82) is 0 Å². The van der Waals surface area contributed by atoms with Crippen molar-refractivity contribution in [3.63, 3.8) is 0 Å². The predicted molar refractivity (Wildman–Crippen MR) is 92.1 cm³/mol. The number of hydrogen-bond donors (Lipinski definition) is 1. The van der Waals surface area contributed by atoms with Gasteiger partial charge in [-0.15, -0.1) is 5.10 Å². The Kier molecular flexibility index (Phi) is 3.38. The third-order valence-corrected chi connectivity index (χ3v) is 4.85. The van der Waals surface area contributed by atoms with Gasteiger partial charge in [-0.1, -0.05) is 30.3 Å². The van der Waals surface area contributed by atoms with E-state index in [1.807, 2.05) is 49.4 Å². The summed E-state index contributed by atoms with van der Waals surface area (Å²) in [5, 5.41) is 19.5. The number of allylic oxidation sites excluding steroid dienone is 1. The largest absolute Gasteiger partial charge is 0.385 e. The highest BCUT2D eigenvalue weighted by Gasteiger charge is 2.38. The molecule has 0 aromatic heterocycles. The minimum atomic E-state index is -0.744. The van der Waals surface area contributed by atoms with Gasteiger partial charge in [0.15, 0.2) is 11.9 Å². The van der Waals surface area contributed by atoms with Crippen LogP contribution in [0.15, 0.2) is 57.7 Å². The van der Waals surface area contributed by atoms with Crippen LogP contribution in [0.4, 0.5) is 0 Å². The average Bonchev–Trinajstić information content (AvgIpc) is 2.99. The third kappa shape index (κ3) is 2.51. The van der Waals surface area contributed by atoms with Gasteiger partial charge in [-0.05, 0) is 37.5 Å². The Morgan fingerprint density at radius 1 is 1.09 bits per heavy atom. The fourth-order valence-corrected chi connectivity index (χ4v) is 3.43. The van der Waals surface area contributed by atoms with Gasteiger partial charge in [-0.3, -0.25) is 4.99 Å². The number of benzene rings is 1.